The Hall–Kier alpha value is -2.19. The maximum Gasteiger partial charge on any atom is 0.410 e. The van der Waals surface area contributed by atoms with E-state index in [9.17, 15) is 19.3 Å². The number of nitro groups is 1. The van der Waals surface area contributed by atoms with E-state index in [0.29, 0.717) is 18.7 Å². The van der Waals surface area contributed by atoms with Gasteiger partial charge in [-0.25, -0.2) is 9.18 Å². The first-order chi connectivity index (χ1) is 10.6. The van der Waals surface area contributed by atoms with Gasteiger partial charge in [-0.3, -0.25) is 14.8 Å². The van der Waals surface area contributed by atoms with E-state index < -0.39 is 28.8 Å². The first kappa shape index (κ1) is 17.2. The van der Waals surface area contributed by atoms with Crippen LogP contribution in [0, 0.1) is 17.0 Å². The van der Waals surface area contributed by atoms with Crippen molar-refractivity contribution in [3.8, 4) is 0 Å². The van der Waals surface area contributed by atoms with Crippen molar-refractivity contribution in [3.05, 3.63) is 22.0 Å². The summed E-state index contributed by atoms with van der Waals surface area (Å²) in [6.07, 6.45) is -0.473. The van der Waals surface area contributed by atoms with Crippen molar-refractivity contribution in [1.82, 2.24) is 14.7 Å². The molecule has 0 N–H and O–H groups in total. The number of hydrogen-bond donors (Lipinski definition) is 0. The van der Waals surface area contributed by atoms with Gasteiger partial charge in [-0.05, 0) is 34.1 Å². The fraction of sp³-hybridized carbons (Fsp3) is 0.714. The van der Waals surface area contributed by atoms with E-state index in [2.05, 4.69) is 5.10 Å². The minimum atomic E-state index is -1.37. The van der Waals surface area contributed by atoms with E-state index in [1.165, 1.54) is 16.5 Å². The average molecular weight is 328 g/mol. The van der Waals surface area contributed by atoms with Crippen LogP contribution in [0.3, 0.4) is 0 Å². The van der Waals surface area contributed by atoms with E-state index in [-0.39, 0.29) is 12.2 Å². The fourth-order valence-electron chi connectivity index (χ4n) is 2.59. The molecular weight excluding hydrogens is 307 g/mol. The molecule has 23 heavy (non-hydrogen) atoms. The second kappa shape index (κ2) is 6.13. The smallest absolute Gasteiger partial charge is 0.410 e. The number of nitrogens with zero attached hydrogens (tertiary/aromatic N) is 4. The molecule has 0 aliphatic carbocycles. The third-order valence-electron chi connectivity index (χ3n) is 3.69. The van der Waals surface area contributed by atoms with Crippen LogP contribution < -0.4 is 0 Å². The lowest BCUT2D eigenvalue weighted by Gasteiger charge is -2.35. The minimum Gasteiger partial charge on any atom is -0.444 e. The molecule has 2 atom stereocenters. The maximum atomic E-state index is 14.5. The van der Waals surface area contributed by atoms with E-state index in [4.69, 9.17) is 4.74 Å². The van der Waals surface area contributed by atoms with Crippen LogP contribution in [0.15, 0.2) is 6.20 Å². The third kappa shape index (κ3) is 3.77. The number of ether oxygens (including phenoxy) is 1. The lowest BCUT2D eigenvalue weighted by Crippen LogP contribution is -2.47. The zero-order valence-electron chi connectivity index (χ0n) is 13.7. The molecule has 2 rings (SSSR count). The SMILES string of the molecule is Cc1c([N+](=O)[O-])cnn1[C@H]1CCN(C(=O)OC(C)(C)C)C[C@H]1F. The highest BCUT2D eigenvalue weighted by Crippen LogP contribution is 2.29. The predicted molar refractivity (Wildman–Crippen MR) is 80.0 cm³/mol. The summed E-state index contributed by atoms with van der Waals surface area (Å²) in [6.45, 7) is 6.97. The number of likely N-dealkylation sites (tertiary alicyclic amines) is 1. The maximum absolute atomic E-state index is 14.5. The molecule has 0 saturated carbocycles. The summed E-state index contributed by atoms with van der Waals surface area (Å²) < 4.78 is 21.1. The Morgan fingerprint density at radius 2 is 2.17 bits per heavy atom. The number of carbonyl (C=O) groups excluding carboxylic acids is 1. The first-order valence-corrected chi connectivity index (χ1v) is 7.40. The molecule has 8 nitrogen and oxygen atoms in total. The third-order valence-corrected chi connectivity index (χ3v) is 3.69. The van der Waals surface area contributed by atoms with Crippen LogP contribution in [0.4, 0.5) is 14.9 Å². The molecule has 1 aliphatic rings. The molecule has 0 bridgehead atoms. The van der Waals surface area contributed by atoms with E-state index in [1.807, 2.05) is 0 Å². The topological polar surface area (TPSA) is 90.5 Å². The van der Waals surface area contributed by atoms with Gasteiger partial charge in [0.05, 0.1) is 17.5 Å². The molecule has 0 aromatic carbocycles. The summed E-state index contributed by atoms with van der Waals surface area (Å²) in [6, 6.07) is -0.623. The number of halogens is 1. The summed E-state index contributed by atoms with van der Waals surface area (Å²) in [5.41, 5.74) is -0.459. The van der Waals surface area contributed by atoms with Crippen LogP contribution in [-0.2, 0) is 4.74 Å². The Kier molecular flexibility index (Phi) is 4.58. The molecule has 128 valence electrons. The molecule has 0 radical (unpaired) electrons. The zero-order valence-corrected chi connectivity index (χ0v) is 13.7. The highest BCUT2D eigenvalue weighted by molar-refractivity contribution is 5.68. The fourth-order valence-corrected chi connectivity index (χ4v) is 2.59. The summed E-state index contributed by atoms with van der Waals surface area (Å²) in [7, 11) is 0. The Morgan fingerprint density at radius 1 is 1.52 bits per heavy atom. The predicted octanol–water partition coefficient (Wildman–Crippen LogP) is 2.62. The van der Waals surface area contributed by atoms with Crippen molar-refractivity contribution in [2.75, 3.05) is 13.1 Å². The van der Waals surface area contributed by atoms with E-state index in [0.717, 1.165) is 6.20 Å². The van der Waals surface area contributed by atoms with Gasteiger partial charge in [-0.1, -0.05) is 0 Å². The Morgan fingerprint density at radius 3 is 2.65 bits per heavy atom. The molecule has 1 aromatic heterocycles. The Bertz CT molecular complexity index is 610. The standard InChI is InChI=1S/C14H21FN4O4/c1-9-12(19(21)22)7-16-18(9)11-5-6-17(8-10(11)15)13(20)23-14(2,3)4/h7,10-11H,5-6,8H2,1-4H3/t10-,11+/m1/s1. The zero-order chi connectivity index (χ0) is 17.4. The minimum absolute atomic E-state index is 0.118. The second-order valence-corrected chi connectivity index (χ2v) is 6.62. The van der Waals surface area contributed by atoms with Crippen LogP contribution >= 0.6 is 0 Å². The molecule has 1 saturated heterocycles. The number of alkyl halides is 1. The van der Waals surface area contributed by atoms with Gasteiger partial charge >= 0.3 is 11.8 Å². The number of hydrogen-bond acceptors (Lipinski definition) is 5. The van der Waals surface area contributed by atoms with Crippen LogP contribution in [0.2, 0.25) is 0 Å². The summed E-state index contributed by atoms with van der Waals surface area (Å²) >= 11 is 0. The first-order valence-electron chi connectivity index (χ1n) is 7.40. The van der Waals surface area contributed by atoms with Gasteiger partial charge in [-0.15, -0.1) is 0 Å². The molecule has 2 heterocycles. The van der Waals surface area contributed by atoms with Gasteiger partial charge in [0.2, 0.25) is 0 Å². The molecule has 1 amide bonds. The summed E-state index contributed by atoms with van der Waals surface area (Å²) in [4.78, 5) is 23.6. The molecule has 1 aliphatic heterocycles. The van der Waals surface area contributed by atoms with Crippen molar-refractivity contribution in [3.63, 3.8) is 0 Å². The van der Waals surface area contributed by atoms with Crippen molar-refractivity contribution in [1.29, 1.82) is 0 Å². The Balaban J connectivity index is 2.07. The molecule has 1 fully saturated rings. The number of piperidine rings is 1. The van der Waals surface area contributed by atoms with E-state index in [1.54, 1.807) is 20.8 Å². The molecule has 1 aromatic rings. The summed E-state index contributed by atoms with van der Waals surface area (Å²) in [5, 5.41) is 14.8. The lowest BCUT2D eigenvalue weighted by atomic mass is 10.0. The molecule has 9 heteroatoms. The van der Waals surface area contributed by atoms with Gasteiger partial charge in [0.15, 0.2) is 0 Å². The van der Waals surface area contributed by atoms with Crippen LogP contribution in [0.1, 0.15) is 38.9 Å². The monoisotopic (exact) mass is 328 g/mol. The van der Waals surface area contributed by atoms with Gasteiger partial charge in [0.1, 0.15) is 23.7 Å². The largest absolute Gasteiger partial charge is 0.444 e. The van der Waals surface area contributed by atoms with Crippen LogP contribution in [-0.4, -0.2) is 50.6 Å². The van der Waals surface area contributed by atoms with Crippen molar-refractivity contribution in [2.45, 2.75) is 51.9 Å². The van der Waals surface area contributed by atoms with Gasteiger partial charge in [0, 0.05) is 6.54 Å². The molecule has 0 spiro atoms. The summed E-state index contributed by atoms with van der Waals surface area (Å²) in [5.74, 6) is 0. The lowest BCUT2D eigenvalue weighted by molar-refractivity contribution is -0.385. The van der Waals surface area contributed by atoms with Crippen LogP contribution in [0.25, 0.3) is 0 Å². The van der Waals surface area contributed by atoms with Gasteiger partial charge in [0.25, 0.3) is 0 Å². The normalized spacial score (nSPS) is 22.0. The number of amides is 1. The molecular formula is C14H21FN4O4. The van der Waals surface area contributed by atoms with Gasteiger partial charge < -0.3 is 9.64 Å². The number of rotatable bonds is 2. The Labute approximate surface area is 133 Å². The molecule has 0 unspecified atom stereocenters. The number of carbonyl (C=O) groups is 1. The van der Waals surface area contributed by atoms with Crippen LogP contribution in [0.5, 0.6) is 0 Å². The highest BCUT2D eigenvalue weighted by atomic mass is 19.1. The average Bonchev–Trinajstić information content (AvgIpc) is 2.78. The van der Waals surface area contributed by atoms with E-state index >= 15 is 0 Å². The van der Waals surface area contributed by atoms with Crippen molar-refractivity contribution < 1.29 is 18.8 Å². The highest BCUT2D eigenvalue weighted by Gasteiger charge is 2.36. The quantitative estimate of drug-likeness (QED) is 0.615. The number of aromatic nitrogens is 2. The second-order valence-electron chi connectivity index (χ2n) is 6.62. The van der Waals surface area contributed by atoms with Crippen molar-refractivity contribution in [2.24, 2.45) is 0 Å². The van der Waals surface area contributed by atoms with Crippen molar-refractivity contribution >= 4 is 11.8 Å². The van der Waals surface area contributed by atoms with Gasteiger partial charge in [-0.2, -0.15) is 5.10 Å².